The van der Waals surface area contributed by atoms with Gasteiger partial charge in [0.15, 0.2) is 0 Å². The Kier molecular flexibility index (Phi) is 5.64. The average molecular weight is 401 g/mol. The first kappa shape index (κ1) is 19.6. The van der Waals surface area contributed by atoms with E-state index in [1.165, 1.54) is 0 Å². The molecule has 4 rings (SSSR count). The van der Waals surface area contributed by atoms with E-state index in [9.17, 15) is 14.4 Å². The maximum Gasteiger partial charge on any atom is 0.331 e. The lowest BCUT2D eigenvalue weighted by atomic mass is 10.1. The second kappa shape index (κ2) is 8.34. The highest BCUT2D eigenvalue weighted by atomic mass is 16.5. The molecular weight excluding hydrogens is 374 g/mol. The third-order valence-corrected chi connectivity index (χ3v) is 5.85. The van der Waals surface area contributed by atoms with E-state index in [2.05, 4.69) is 15.5 Å². The summed E-state index contributed by atoms with van der Waals surface area (Å²) < 4.78 is 7.85. The molecular formula is C20H27N5O4. The number of nitrogens with zero attached hydrogens (tertiary/aromatic N) is 4. The van der Waals surface area contributed by atoms with Crippen molar-refractivity contribution < 1.29 is 9.32 Å². The Labute approximate surface area is 168 Å². The third kappa shape index (κ3) is 3.90. The second-order valence-corrected chi connectivity index (χ2v) is 7.87. The molecule has 2 aromatic heterocycles. The maximum atomic E-state index is 13.3. The molecule has 0 unspecified atom stereocenters. The van der Waals surface area contributed by atoms with Crippen molar-refractivity contribution in [1.29, 1.82) is 0 Å². The van der Waals surface area contributed by atoms with Gasteiger partial charge in [-0.15, -0.1) is 0 Å². The van der Waals surface area contributed by atoms with Crippen LogP contribution in [-0.2, 0) is 30.7 Å². The van der Waals surface area contributed by atoms with Crippen molar-refractivity contribution in [2.75, 3.05) is 0 Å². The van der Waals surface area contributed by atoms with Gasteiger partial charge in [-0.05, 0) is 32.1 Å². The van der Waals surface area contributed by atoms with E-state index in [0.29, 0.717) is 31.0 Å². The van der Waals surface area contributed by atoms with E-state index in [1.807, 2.05) is 6.92 Å². The molecule has 0 atom stereocenters. The molecule has 1 saturated carbocycles. The Hall–Kier alpha value is -2.71. The second-order valence-electron chi connectivity index (χ2n) is 7.87. The Morgan fingerprint density at radius 1 is 1.17 bits per heavy atom. The average Bonchev–Trinajstić information content (AvgIpc) is 3.33. The van der Waals surface area contributed by atoms with Crippen molar-refractivity contribution in [2.45, 2.75) is 83.8 Å². The molecule has 1 fully saturated rings. The normalized spacial score (nSPS) is 17.1. The van der Waals surface area contributed by atoms with E-state index in [0.717, 1.165) is 49.5 Å². The van der Waals surface area contributed by atoms with Gasteiger partial charge in [-0.3, -0.25) is 18.7 Å². The molecule has 2 aromatic rings. The fraction of sp³-hybridized carbons (Fsp3) is 0.650. The van der Waals surface area contributed by atoms with Crippen LogP contribution < -0.4 is 16.6 Å². The van der Waals surface area contributed by atoms with Gasteiger partial charge < -0.3 is 9.84 Å². The molecule has 0 radical (unpaired) electrons. The zero-order valence-corrected chi connectivity index (χ0v) is 16.8. The van der Waals surface area contributed by atoms with Crippen molar-refractivity contribution in [3.63, 3.8) is 0 Å². The van der Waals surface area contributed by atoms with Crippen LogP contribution in [-0.4, -0.2) is 31.2 Å². The van der Waals surface area contributed by atoms with E-state index in [-0.39, 0.29) is 29.9 Å². The zero-order chi connectivity index (χ0) is 20.4. The van der Waals surface area contributed by atoms with E-state index >= 15 is 0 Å². The molecule has 1 aliphatic heterocycles. The third-order valence-electron chi connectivity index (χ3n) is 5.85. The molecule has 0 spiro atoms. The maximum absolute atomic E-state index is 13.3. The number of amides is 1. The molecule has 1 N–H and O–H groups in total. The smallest absolute Gasteiger partial charge is 0.331 e. The lowest BCUT2D eigenvalue weighted by Crippen LogP contribution is -2.46. The number of hydrogen-bond donors (Lipinski definition) is 1. The van der Waals surface area contributed by atoms with Gasteiger partial charge in [0.1, 0.15) is 12.1 Å². The Balaban J connectivity index is 1.77. The predicted octanol–water partition coefficient (Wildman–Crippen LogP) is 1.41. The largest absolute Gasteiger partial charge is 0.352 e. The van der Waals surface area contributed by atoms with Crippen LogP contribution >= 0.6 is 0 Å². The number of hydrogen-bond acceptors (Lipinski definition) is 6. The van der Waals surface area contributed by atoms with Crippen molar-refractivity contribution >= 4 is 5.91 Å². The number of nitrogens with one attached hydrogen (secondary N) is 1. The zero-order valence-electron chi connectivity index (χ0n) is 16.8. The molecule has 0 bridgehead atoms. The highest BCUT2D eigenvalue weighted by Gasteiger charge is 2.26. The molecule has 0 saturated heterocycles. The molecule has 9 heteroatoms. The van der Waals surface area contributed by atoms with E-state index in [1.54, 1.807) is 4.57 Å². The predicted molar refractivity (Wildman–Crippen MR) is 106 cm³/mol. The topological polar surface area (TPSA) is 112 Å². The highest BCUT2D eigenvalue weighted by Crippen LogP contribution is 2.22. The van der Waals surface area contributed by atoms with E-state index < -0.39 is 11.2 Å². The first-order valence-electron chi connectivity index (χ1n) is 10.6. The Bertz CT molecular complexity index is 1010. The summed E-state index contributed by atoms with van der Waals surface area (Å²) in [7, 11) is 0. The van der Waals surface area contributed by atoms with Crippen molar-refractivity contribution in [3.05, 3.63) is 32.4 Å². The number of rotatable bonds is 5. The van der Waals surface area contributed by atoms with Crippen molar-refractivity contribution in [2.24, 2.45) is 0 Å². The Morgan fingerprint density at radius 2 is 1.97 bits per heavy atom. The molecule has 1 amide bonds. The van der Waals surface area contributed by atoms with Gasteiger partial charge in [-0.25, -0.2) is 4.79 Å². The number of fused-ring (bicyclic) bond motifs is 1. The number of carbonyl (C=O) groups excluding carboxylic acids is 1. The van der Waals surface area contributed by atoms with Crippen LogP contribution in [0.15, 0.2) is 14.1 Å². The lowest BCUT2D eigenvalue weighted by Gasteiger charge is -2.17. The fourth-order valence-corrected chi connectivity index (χ4v) is 4.32. The van der Waals surface area contributed by atoms with Crippen LogP contribution in [0.5, 0.6) is 0 Å². The standard InChI is InChI=1S/C20H27N5O4/c1-2-16-22-18(23-29-16)17-14-10-4-3-7-11-24(14)20(28)25(19(17)27)12-15(26)21-13-8-5-6-9-13/h13H,2-12H2,1H3,(H,21,26). The highest BCUT2D eigenvalue weighted by molar-refractivity contribution is 5.76. The van der Waals surface area contributed by atoms with Crippen LogP contribution in [0.3, 0.4) is 0 Å². The summed E-state index contributed by atoms with van der Waals surface area (Å²) in [6.07, 6.45) is 7.94. The van der Waals surface area contributed by atoms with Gasteiger partial charge in [0, 0.05) is 24.7 Å². The van der Waals surface area contributed by atoms with Crippen LogP contribution in [0, 0.1) is 0 Å². The van der Waals surface area contributed by atoms with Crippen LogP contribution in [0.25, 0.3) is 11.4 Å². The summed E-state index contributed by atoms with van der Waals surface area (Å²) in [5.41, 5.74) is -0.0263. The summed E-state index contributed by atoms with van der Waals surface area (Å²) in [5.74, 6) is 0.324. The summed E-state index contributed by atoms with van der Waals surface area (Å²) >= 11 is 0. The first-order valence-corrected chi connectivity index (χ1v) is 10.6. The number of aromatic nitrogens is 4. The van der Waals surface area contributed by atoms with Gasteiger partial charge in [0.05, 0.1) is 0 Å². The van der Waals surface area contributed by atoms with Crippen molar-refractivity contribution in [3.8, 4) is 11.4 Å². The quantitative estimate of drug-likeness (QED) is 0.811. The first-order chi connectivity index (χ1) is 14.1. The van der Waals surface area contributed by atoms with Gasteiger partial charge in [-0.1, -0.05) is 31.3 Å². The molecule has 9 nitrogen and oxygen atoms in total. The van der Waals surface area contributed by atoms with Crippen LogP contribution in [0.1, 0.15) is 63.5 Å². The molecule has 3 heterocycles. The summed E-state index contributed by atoms with van der Waals surface area (Å²) in [4.78, 5) is 43.2. The molecule has 0 aromatic carbocycles. The summed E-state index contributed by atoms with van der Waals surface area (Å²) in [5, 5.41) is 6.92. The SMILES string of the molecule is CCc1nc(-c2c3n(c(=O)n(CC(=O)NC4CCCC4)c2=O)CCCCC3)no1. The fourth-order valence-electron chi connectivity index (χ4n) is 4.32. The van der Waals surface area contributed by atoms with Gasteiger partial charge in [-0.2, -0.15) is 4.98 Å². The van der Waals surface area contributed by atoms with Gasteiger partial charge in [0.25, 0.3) is 5.56 Å². The minimum Gasteiger partial charge on any atom is -0.352 e. The van der Waals surface area contributed by atoms with Crippen LogP contribution in [0.2, 0.25) is 0 Å². The summed E-state index contributed by atoms with van der Waals surface area (Å²) in [6.45, 7) is 2.11. The minimum absolute atomic E-state index is 0.130. The van der Waals surface area contributed by atoms with Gasteiger partial charge >= 0.3 is 5.69 Å². The molecule has 1 aliphatic carbocycles. The molecule has 29 heavy (non-hydrogen) atoms. The van der Waals surface area contributed by atoms with Gasteiger partial charge in [0.2, 0.25) is 17.6 Å². The molecule has 2 aliphatic rings. The monoisotopic (exact) mass is 401 g/mol. The van der Waals surface area contributed by atoms with E-state index in [4.69, 9.17) is 4.52 Å². The molecule has 156 valence electrons. The number of aryl methyl sites for hydroxylation is 1. The van der Waals surface area contributed by atoms with Crippen molar-refractivity contribution in [1.82, 2.24) is 24.6 Å². The lowest BCUT2D eigenvalue weighted by molar-refractivity contribution is -0.122. The van der Waals surface area contributed by atoms with Crippen LogP contribution in [0.4, 0.5) is 0 Å². The Morgan fingerprint density at radius 3 is 2.69 bits per heavy atom. The number of carbonyl (C=O) groups is 1. The summed E-state index contributed by atoms with van der Waals surface area (Å²) in [6, 6.07) is 0.130. The minimum atomic E-state index is -0.520.